The van der Waals surface area contributed by atoms with E-state index in [0.29, 0.717) is 6.42 Å². The van der Waals surface area contributed by atoms with Gasteiger partial charge in [-0.15, -0.1) is 0 Å². The second-order valence-electron chi connectivity index (χ2n) is 8.85. The van der Waals surface area contributed by atoms with Crippen LogP contribution in [0.3, 0.4) is 0 Å². The van der Waals surface area contributed by atoms with Gasteiger partial charge < -0.3 is 37.5 Å². The van der Waals surface area contributed by atoms with E-state index in [-0.39, 0.29) is 18.1 Å². The van der Waals surface area contributed by atoms with E-state index in [1.807, 2.05) is 38.1 Å². The maximum Gasteiger partial charge on any atom is 0.327 e. The first-order valence-corrected chi connectivity index (χ1v) is 12.4. The summed E-state index contributed by atoms with van der Waals surface area (Å²) in [7, 11) is 0. The molecule has 1 aromatic heterocycles. The van der Waals surface area contributed by atoms with Crippen LogP contribution >= 0.6 is 12.6 Å². The fraction of sp³-hybridized carbons (Fsp3) is 0.458. The number of H-pyrrole nitrogens is 1. The molecule has 0 radical (unpaired) electrons. The number of hydrogen-bond acceptors (Lipinski definition) is 7. The Morgan fingerprint density at radius 3 is 2.19 bits per heavy atom. The third-order valence-electron chi connectivity index (χ3n) is 6.13. The lowest BCUT2D eigenvalue weighted by atomic mass is 9.98. The Hall–Kier alpha value is -3.58. The summed E-state index contributed by atoms with van der Waals surface area (Å²) in [5.41, 5.74) is 12.9. The summed E-state index contributed by atoms with van der Waals surface area (Å²) in [6.07, 6.45) is 1.82. The Bertz CT molecular complexity index is 1140. The monoisotopic (exact) mass is 534 g/mol. The molecule has 0 spiro atoms. The van der Waals surface area contributed by atoms with E-state index in [1.54, 1.807) is 6.20 Å². The van der Waals surface area contributed by atoms with Crippen molar-refractivity contribution in [3.05, 3.63) is 36.0 Å². The minimum absolute atomic E-state index is 0.0497. The summed E-state index contributed by atoms with van der Waals surface area (Å²) < 4.78 is 0. The van der Waals surface area contributed by atoms with E-state index >= 15 is 0 Å². The van der Waals surface area contributed by atoms with E-state index in [2.05, 4.69) is 33.6 Å². The zero-order chi connectivity index (χ0) is 27.7. The molecule has 0 aliphatic rings. The van der Waals surface area contributed by atoms with E-state index in [1.165, 1.54) is 0 Å². The van der Waals surface area contributed by atoms with Gasteiger partial charge in [-0.1, -0.05) is 38.5 Å². The van der Waals surface area contributed by atoms with Gasteiger partial charge in [-0.2, -0.15) is 12.6 Å². The lowest BCUT2D eigenvalue weighted by Crippen LogP contribution is -2.58. The van der Waals surface area contributed by atoms with Crippen molar-refractivity contribution in [3.63, 3.8) is 0 Å². The van der Waals surface area contributed by atoms with Crippen LogP contribution in [-0.4, -0.2) is 69.6 Å². The van der Waals surface area contributed by atoms with Crippen molar-refractivity contribution in [2.24, 2.45) is 17.4 Å². The molecule has 0 saturated heterocycles. The van der Waals surface area contributed by atoms with Crippen molar-refractivity contribution in [1.82, 2.24) is 20.9 Å². The Labute approximate surface area is 219 Å². The van der Waals surface area contributed by atoms with Crippen molar-refractivity contribution < 1.29 is 29.1 Å². The van der Waals surface area contributed by atoms with Gasteiger partial charge in [0.2, 0.25) is 23.6 Å². The number of nitrogens with one attached hydrogen (secondary N) is 4. The smallest absolute Gasteiger partial charge is 0.327 e. The zero-order valence-corrected chi connectivity index (χ0v) is 21.6. The van der Waals surface area contributed by atoms with E-state index < -0.39 is 60.2 Å². The molecule has 0 aliphatic heterocycles. The number of carbonyl (C=O) groups is 5. The summed E-state index contributed by atoms with van der Waals surface area (Å²) >= 11 is 3.89. The normalized spacial score (nSPS) is 15.1. The van der Waals surface area contributed by atoms with Crippen LogP contribution in [0.25, 0.3) is 10.9 Å². The number of para-hydroxylation sites is 1. The highest BCUT2D eigenvalue weighted by molar-refractivity contribution is 7.80. The van der Waals surface area contributed by atoms with Gasteiger partial charge in [0, 0.05) is 29.3 Å². The van der Waals surface area contributed by atoms with Crippen LogP contribution < -0.4 is 27.4 Å². The second-order valence-corrected chi connectivity index (χ2v) is 9.21. The summed E-state index contributed by atoms with van der Waals surface area (Å²) in [6.45, 7) is 3.70. The molecule has 1 heterocycles. The predicted octanol–water partition coefficient (Wildman–Crippen LogP) is -0.572. The van der Waals surface area contributed by atoms with Gasteiger partial charge in [-0.3, -0.25) is 19.2 Å². The predicted molar refractivity (Wildman–Crippen MR) is 141 cm³/mol. The highest BCUT2D eigenvalue weighted by atomic mass is 32.1. The van der Waals surface area contributed by atoms with Crippen LogP contribution in [0.2, 0.25) is 0 Å². The summed E-state index contributed by atoms with van der Waals surface area (Å²) in [5, 5.41) is 17.3. The molecule has 12 nitrogen and oxygen atoms in total. The van der Waals surface area contributed by atoms with Crippen molar-refractivity contribution in [2.75, 3.05) is 5.75 Å². The molecule has 0 bridgehead atoms. The van der Waals surface area contributed by atoms with E-state index in [0.717, 1.165) is 16.5 Å². The van der Waals surface area contributed by atoms with Crippen molar-refractivity contribution in [1.29, 1.82) is 0 Å². The largest absolute Gasteiger partial charge is 0.480 e. The molecule has 5 atom stereocenters. The number of primary amides is 1. The van der Waals surface area contributed by atoms with Crippen LogP contribution in [0.4, 0.5) is 0 Å². The molecule has 0 fully saturated rings. The van der Waals surface area contributed by atoms with Gasteiger partial charge in [0.1, 0.15) is 18.1 Å². The number of aromatic nitrogens is 1. The fourth-order valence-corrected chi connectivity index (χ4v) is 3.90. The number of aliphatic carboxylic acids is 1. The van der Waals surface area contributed by atoms with Gasteiger partial charge in [-0.05, 0) is 17.5 Å². The van der Waals surface area contributed by atoms with E-state index in [4.69, 9.17) is 11.5 Å². The molecular formula is C24H34N6O6S. The van der Waals surface area contributed by atoms with Gasteiger partial charge in [-0.25, -0.2) is 4.79 Å². The second kappa shape index (κ2) is 13.7. The van der Waals surface area contributed by atoms with Gasteiger partial charge in [0.15, 0.2) is 0 Å². The first-order chi connectivity index (χ1) is 17.5. The van der Waals surface area contributed by atoms with Crippen LogP contribution in [0.15, 0.2) is 30.5 Å². The number of benzene rings is 1. The summed E-state index contributed by atoms with van der Waals surface area (Å²) in [4.78, 5) is 64.9. The number of amides is 4. The quantitative estimate of drug-likeness (QED) is 0.148. The van der Waals surface area contributed by atoms with Crippen molar-refractivity contribution in [3.8, 4) is 0 Å². The molecule has 37 heavy (non-hydrogen) atoms. The molecule has 202 valence electrons. The van der Waals surface area contributed by atoms with Crippen LogP contribution in [0, 0.1) is 5.92 Å². The zero-order valence-electron chi connectivity index (χ0n) is 20.7. The molecule has 4 amide bonds. The minimum Gasteiger partial charge on any atom is -0.480 e. The Kier molecular flexibility index (Phi) is 10.9. The third-order valence-corrected chi connectivity index (χ3v) is 6.49. The molecule has 0 saturated carbocycles. The molecule has 5 unspecified atom stereocenters. The minimum atomic E-state index is -1.47. The maximum absolute atomic E-state index is 13.3. The average molecular weight is 535 g/mol. The lowest BCUT2D eigenvalue weighted by molar-refractivity contribution is -0.141. The number of carbonyl (C=O) groups excluding carboxylic acids is 4. The van der Waals surface area contributed by atoms with Gasteiger partial charge in [0.25, 0.3) is 0 Å². The third kappa shape index (κ3) is 8.22. The summed E-state index contributed by atoms with van der Waals surface area (Å²) in [5.74, 6) is -4.85. The number of fused-ring (bicyclic) bond motifs is 1. The molecular weight excluding hydrogens is 500 g/mol. The average Bonchev–Trinajstić information content (AvgIpc) is 3.27. The Morgan fingerprint density at radius 2 is 1.59 bits per heavy atom. The van der Waals surface area contributed by atoms with Gasteiger partial charge >= 0.3 is 5.97 Å². The molecule has 13 heteroatoms. The topological polar surface area (TPSA) is 209 Å². The number of rotatable bonds is 14. The maximum atomic E-state index is 13.3. The number of carboxylic acid groups (broad SMARTS) is 1. The van der Waals surface area contributed by atoms with E-state index in [9.17, 15) is 29.1 Å². The SMILES string of the molecule is CCC(C)C(N)C(=O)NC(Cc1c[nH]c2ccccc12)C(=O)NC(CC(N)=O)C(=O)NC(CS)C(=O)O. The van der Waals surface area contributed by atoms with Gasteiger partial charge in [0.05, 0.1) is 12.5 Å². The number of hydrogen-bond donors (Lipinski definition) is 8. The molecule has 9 N–H and O–H groups in total. The molecule has 1 aromatic carbocycles. The highest BCUT2D eigenvalue weighted by Gasteiger charge is 2.32. The number of carboxylic acids is 1. The molecule has 2 rings (SSSR count). The van der Waals surface area contributed by atoms with Crippen LogP contribution in [0.1, 0.15) is 32.3 Å². The Morgan fingerprint density at radius 1 is 1.00 bits per heavy atom. The molecule has 0 aliphatic carbocycles. The summed E-state index contributed by atoms with van der Waals surface area (Å²) in [6, 6.07) is 2.54. The lowest BCUT2D eigenvalue weighted by Gasteiger charge is -2.25. The standard InChI is InChI=1S/C24H34N6O6S/c1-3-12(2)20(26)23(34)29-16(8-13-10-27-15-7-5-4-6-14(13)15)21(32)28-17(9-19(25)31)22(33)30-18(11-37)24(35)36/h4-7,10,12,16-18,20,27,37H,3,8-9,11,26H2,1-2H3,(H2,25,31)(H,28,32)(H,29,34)(H,30,33)(H,35,36). The number of aromatic amines is 1. The van der Waals surface area contributed by atoms with Crippen LogP contribution in [0.5, 0.6) is 0 Å². The fourth-order valence-electron chi connectivity index (χ4n) is 3.65. The number of thiol groups is 1. The first kappa shape index (κ1) is 29.6. The first-order valence-electron chi connectivity index (χ1n) is 11.8. The number of nitrogens with two attached hydrogens (primary N) is 2. The highest BCUT2D eigenvalue weighted by Crippen LogP contribution is 2.19. The van der Waals surface area contributed by atoms with Crippen LogP contribution in [-0.2, 0) is 30.4 Å². The van der Waals surface area contributed by atoms with Crippen molar-refractivity contribution >= 4 is 53.1 Å². The molecule has 2 aromatic rings. The van der Waals surface area contributed by atoms with Crippen molar-refractivity contribution in [2.45, 2.75) is 57.3 Å². The Balaban J connectivity index is 2.32.